The molecule has 3 N–H and O–H groups in total. The van der Waals surface area contributed by atoms with Crippen LogP contribution in [-0.4, -0.2) is 17.6 Å². The van der Waals surface area contributed by atoms with Gasteiger partial charge in [0.05, 0.1) is 15.7 Å². The van der Waals surface area contributed by atoms with Crippen molar-refractivity contribution in [3.8, 4) is 0 Å². The Morgan fingerprint density at radius 2 is 2.22 bits per heavy atom. The van der Waals surface area contributed by atoms with E-state index in [1.807, 2.05) is 5.51 Å². The fourth-order valence-corrected chi connectivity index (χ4v) is 3.56. The molecule has 1 aromatic heterocycles. The Morgan fingerprint density at radius 1 is 1.33 bits per heavy atom. The first-order valence-corrected chi connectivity index (χ1v) is 7.54. The SMILES string of the molecule is NCC1CCCCC1Nc1ccc2ncsc2c1. The fourth-order valence-electron chi connectivity index (χ4n) is 2.84. The highest BCUT2D eigenvalue weighted by molar-refractivity contribution is 7.16. The van der Waals surface area contributed by atoms with Crippen LogP contribution in [0.15, 0.2) is 23.7 Å². The number of nitrogens with zero attached hydrogens (tertiary/aromatic N) is 1. The van der Waals surface area contributed by atoms with Gasteiger partial charge in [0.25, 0.3) is 0 Å². The number of hydrogen-bond acceptors (Lipinski definition) is 4. The largest absolute Gasteiger partial charge is 0.382 e. The van der Waals surface area contributed by atoms with Gasteiger partial charge < -0.3 is 11.1 Å². The van der Waals surface area contributed by atoms with Gasteiger partial charge in [-0.25, -0.2) is 4.98 Å². The van der Waals surface area contributed by atoms with Gasteiger partial charge in [-0.3, -0.25) is 0 Å². The molecule has 0 bridgehead atoms. The maximum atomic E-state index is 5.87. The van der Waals surface area contributed by atoms with Crippen LogP contribution in [0, 0.1) is 5.92 Å². The smallest absolute Gasteiger partial charge is 0.0813 e. The molecular weight excluding hydrogens is 242 g/mol. The van der Waals surface area contributed by atoms with E-state index in [4.69, 9.17) is 5.73 Å². The Morgan fingerprint density at radius 3 is 3.11 bits per heavy atom. The summed E-state index contributed by atoms with van der Waals surface area (Å²) in [5, 5.41) is 3.66. The van der Waals surface area contributed by atoms with E-state index >= 15 is 0 Å². The first-order chi connectivity index (χ1) is 8.86. The van der Waals surface area contributed by atoms with Crippen LogP contribution < -0.4 is 11.1 Å². The fraction of sp³-hybridized carbons (Fsp3) is 0.500. The zero-order chi connectivity index (χ0) is 12.4. The maximum Gasteiger partial charge on any atom is 0.0813 e. The number of nitrogens with two attached hydrogens (primary N) is 1. The minimum Gasteiger partial charge on any atom is -0.382 e. The molecule has 4 heteroatoms. The van der Waals surface area contributed by atoms with Gasteiger partial charge in [-0.1, -0.05) is 12.8 Å². The van der Waals surface area contributed by atoms with Gasteiger partial charge in [0, 0.05) is 11.7 Å². The molecule has 1 aliphatic carbocycles. The van der Waals surface area contributed by atoms with Crippen molar-refractivity contribution in [2.75, 3.05) is 11.9 Å². The molecule has 3 nitrogen and oxygen atoms in total. The van der Waals surface area contributed by atoms with Crippen LogP contribution in [0.4, 0.5) is 5.69 Å². The van der Waals surface area contributed by atoms with Crippen molar-refractivity contribution in [1.82, 2.24) is 4.98 Å². The third-order valence-electron chi connectivity index (χ3n) is 3.90. The Kier molecular flexibility index (Phi) is 3.48. The van der Waals surface area contributed by atoms with Gasteiger partial charge in [0.2, 0.25) is 0 Å². The molecule has 0 spiro atoms. The Hall–Kier alpha value is -1.13. The minimum absolute atomic E-state index is 0.536. The van der Waals surface area contributed by atoms with E-state index in [1.54, 1.807) is 11.3 Å². The van der Waals surface area contributed by atoms with Gasteiger partial charge in [0.15, 0.2) is 0 Å². The molecule has 2 unspecified atom stereocenters. The Bertz CT molecular complexity index is 522. The van der Waals surface area contributed by atoms with E-state index in [0.29, 0.717) is 12.0 Å². The number of thiazole rings is 1. The number of hydrogen-bond donors (Lipinski definition) is 2. The summed E-state index contributed by atoms with van der Waals surface area (Å²) in [6.45, 7) is 0.792. The summed E-state index contributed by atoms with van der Waals surface area (Å²) in [7, 11) is 0. The van der Waals surface area contributed by atoms with Crippen LogP contribution in [-0.2, 0) is 0 Å². The van der Waals surface area contributed by atoms with E-state index in [9.17, 15) is 0 Å². The lowest BCUT2D eigenvalue weighted by Crippen LogP contribution is -2.36. The minimum atomic E-state index is 0.536. The molecule has 2 aromatic rings. The van der Waals surface area contributed by atoms with Gasteiger partial charge in [-0.05, 0) is 43.5 Å². The summed E-state index contributed by atoms with van der Waals surface area (Å²) in [6, 6.07) is 6.96. The van der Waals surface area contributed by atoms with Crippen molar-refractivity contribution in [3.63, 3.8) is 0 Å². The maximum absolute atomic E-state index is 5.87. The third kappa shape index (κ3) is 2.35. The molecule has 1 heterocycles. The molecule has 0 aliphatic heterocycles. The molecule has 1 saturated carbocycles. The van der Waals surface area contributed by atoms with Gasteiger partial charge in [-0.2, -0.15) is 0 Å². The van der Waals surface area contributed by atoms with E-state index in [2.05, 4.69) is 28.5 Å². The van der Waals surface area contributed by atoms with E-state index in [-0.39, 0.29) is 0 Å². The normalized spacial score (nSPS) is 24.3. The number of fused-ring (bicyclic) bond motifs is 1. The van der Waals surface area contributed by atoms with Crippen molar-refractivity contribution in [1.29, 1.82) is 0 Å². The van der Waals surface area contributed by atoms with Gasteiger partial charge in [0.1, 0.15) is 0 Å². The second-order valence-corrected chi connectivity index (χ2v) is 5.95. The van der Waals surface area contributed by atoms with Crippen molar-refractivity contribution in [2.45, 2.75) is 31.7 Å². The number of rotatable bonds is 3. The molecule has 1 aromatic carbocycles. The molecule has 2 atom stereocenters. The van der Waals surface area contributed by atoms with Crippen LogP contribution >= 0.6 is 11.3 Å². The summed E-state index contributed by atoms with van der Waals surface area (Å²) < 4.78 is 1.25. The van der Waals surface area contributed by atoms with Gasteiger partial charge >= 0.3 is 0 Å². The zero-order valence-electron chi connectivity index (χ0n) is 10.4. The molecule has 1 fully saturated rings. The lowest BCUT2D eigenvalue weighted by molar-refractivity contribution is 0.332. The Labute approximate surface area is 111 Å². The summed E-state index contributed by atoms with van der Waals surface area (Å²) >= 11 is 1.69. The second-order valence-electron chi connectivity index (χ2n) is 5.07. The van der Waals surface area contributed by atoms with Crippen LogP contribution in [0.25, 0.3) is 10.2 Å². The number of nitrogens with one attached hydrogen (secondary N) is 1. The van der Waals surface area contributed by atoms with Crippen molar-refractivity contribution in [3.05, 3.63) is 23.7 Å². The van der Waals surface area contributed by atoms with Gasteiger partial charge in [-0.15, -0.1) is 11.3 Å². The highest BCUT2D eigenvalue weighted by Gasteiger charge is 2.23. The predicted molar refractivity (Wildman–Crippen MR) is 78.0 cm³/mol. The summed E-state index contributed by atoms with van der Waals surface area (Å²) in [4.78, 5) is 4.31. The van der Waals surface area contributed by atoms with E-state index < -0.39 is 0 Å². The zero-order valence-corrected chi connectivity index (χ0v) is 11.2. The predicted octanol–water partition coefficient (Wildman–Crippen LogP) is 3.23. The summed E-state index contributed by atoms with van der Waals surface area (Å²) in [5.74, 6) is 0.621. The first-order valence-electron chi connectivity index (χ1n) is 6.66. The van der Waals surface area contributed by atoms with E-state index in [0.717, 1.165) is 12.1 Å². The molecule has 1 aliphatic rings. The van der Waals surface area contributed by atoms with Crippen molar-refractivity contribution >= 4 is 27.2 Å². The van der Waals surface area contributed by atoms with Crippen molar-refractivity contribution < 1.29 is 0 Å². The monoisotopic (exact) mass is 261 g/mol. The molecule has 3 rings (SSSR count). The molecule has 18 heavy (non-hydrogen) atoms. The van der Waals surface area contributed by atoms with E-state index in [1.165, 1.54) is 36.1 Å². The molecule has 96 valence electrons. The van der Waals surface area contributed by atoms with Crippen LogP contribution in [0.2, 0.25) is 0 Å². The van der Waals surface area contributed by atoms with Crippen LogP contribution in [0.1, 0.15) is 25.7 Å². The first kappa shape index (κ1) is 11.9. The third-order valence-corrected chi connectivity index (χ3v) is 4.69. The summed E-state index contributed by atoms with van der Waals surface area (Å²) in [5.41, 5.74) is 10.1. The summed E-state index contributed by atoms with van der Waals surface area (Å²) in [6.07, 6.45) is 5.14. The lowest BCUT2D eigenvalue weighted by atomic mass is 9.84. The second kappa shape index (κ2) is 5.24. The molecular formula is C14H19N3S. The number of aromatic nitrogens is 1. The number of benzene rings is 1. The quantitative estimate of drug-likeness (QED) is 0.892. The van der Waals surface area contributed by atoms with Crippen LogP contribution in [0.5, 0.6) is 0 Å². The molecule has 0 saturated heterocycles. The average molecular weight is 261 g/mol. The highest BCUT2D eigenvalue weighted by atomic mass is 32.1. The molecule has 0 amide bonds. The topological polar surface area (TPSA) is 50.9 Å². The van der Waals surface area contributed by atoms with Crippen molar-refractivity contribution in [2.24, 2.45) is 11.7 Å². The number of anilines is 1. The lowest BCUT2D eigenvalue weighted by Gasteiger charge is -2.32. The standard InChI is InChI=1S/C14H19N3S/c15-8-10-3-1-2-4-12(10)17-11-5-6-13-14(7-11)18-9-16-13/h5-7,9-10,12,17H,1-4,8,15H2. The van der Waals surface area contributed by atoms with Crippen LogP contribution in [0.3, 0.4) is 0 Å². The Balaban J connectivity index is 1.77. The molecule has 0 radical (unpaired) electrons. The highest BCUT2D eigenvalue weighted by Crippen LogP contribution is 2.28. The average Bonchev–Trinajstić information content (AvgIpc) is 2.87.